The fourth-order valence-electron chi connectivity index (χ4n) is 2.27. The number of aryl methyl sites for hydroxylation is 1. The van der Waals surface area contributed by atoms with Crippen LogP contribution < -0.4 is 11.1 Å². The van der Waals surface area contributed by atoms with E-state index in [4.69, 9.17) is 17.3 Å². The predicted octanol–water partition coefficient (Wildman–Crippen LogP) is 2.71. The quantitative estimate of drug-likeness (QED) is 0.850. The van der Waals surface area contributed by atoms with Crippen LogP contribution in [0.4, 0.5) is 5.69 Å². The smallest absolute Gasteiger partial charge is 0.227 e. The van der Waals surface area contributed by atoms with E-state index in [2.05, 4.69) is 5.32 Å². The van der Waals surface area contributed by atoms with E-state index in [-0.39, 0.29) is 17.9 Å². The zero-order valence-corrected chi connectivity index (χ0v) is 10.6. The van der Waals surface area contributed by atoms with Gasteiger partial charge in [0, 0.05) is 12.0 Å². The standard InChI is InChI=1S/C13H17ClN2O/c1-8-3-2-4-11(14)12(8)16-13(17)9-5-6-10(15)7-9/h2-4,9-10H,5-7,15H2,1H3,(H,16,17). The van der Waals surface area contributed by atoms with Crippen molar-refractivity contribution in [2.24, 2.45) is 11.7 Å². The van der Waals surface area contributed by atoms with E-state index in [1.165, 1.54) is 0 Å². The number of hydrogen-bond acceptors (Lipinski definition) is 2. The molecule has 2 rings (SSSR count). The van der Waals surface area contributed by atoms with Gasteiger partial charge in [0.2, 0.25) is 5.91 Å². The van der Waals surface area contributed by atoms with Gasteiger partial charge in [-0.3, -0.25) is 4.79 Å². The van der Waals surface area contributed by atoms with E-state index in [9.17, 15) is 4.79 Å². The second kappa shape index (κ2) is 5.07. The van der Waals surface area contributed by atoms with E-state index in [1.807, 2.05) is 19.1 Å². The molecule has 1 fully saturated rings. The molecule has 0 aliphatic heterocycles. The van der Waals surface area contributed by atoms with Gasteiger partial charge >= 0.3 is 0 Å². The van der Waals surface area contributed by atoms with Crippen LogP contribution in [0.5, 0.6) is 0 Å². The van der Waals surface area contributed by atoms with Crippen molar-refractivity contribution in [3.8, 4) is 0 Å². The molecule has 3 nitrogen and oxygen atoms in total. The van der Waals surface area contributed by atoms with E-state index >= 15 is 0 Å². The Balaban J connectivity index is 2.08. The SMILES string of the molecule is Cc1cccc(Cl)c1NC(=O)C1CCC(N)C1. The highest BCUT2D eigenvalue weighted by Gasteiger charge is 2.28. The number of nitrogens with two attached hydrogens (primary N) is 1. The first-order chi connectivity index (χ1) is 8.08. The number of carbonyl (C=O) groups excluding carboxylic acids is 1. The number of para-hydroxylation sites is 1. The summed E-state index contributed by atoms with van der Waals surface area (Å²) < 4.78 is 0. The molecule has 17 heavy (non-hydrogen) atoms. The zero-order chi connectivity index (χ0) is 12.4. The van der Waals surface area contributed by atoms with Crippen LogP contribution in [0.25, 0.3) is 0 Å². The van der Waals surface area contributed by atoms with E-state index < -0.39 is 0 Å². The fraction of sp³-hybridized carbons (Fsp3) is 0.462. The lowest BCUT2D eigenvalue weighted by atomic mass is 10.1. The van der Waals surface area contributed by atoms with Crippen LogP contribution in [-0.4, -0.2) is 11.9 Å². The molecule has 0 bridgehead atoms. The van der Waals surface area contributed by atoms with E-state index in [0.29, 0.717) is 5.02 Å². The van der Waals surface area contributed by atoms with Gasteiger partial charge in [0.05, 0.1) is 10.7 Å². The van der Waals surface area contributed by atoms with Gasteiger partial charge in [-0.25, -0.2) is 0 Å². The summed E-state index contributed by atoms with van der Waals surface area (Å²) in [7, 11) is 0. The van der Waals surface area contributed by atoms with Gasteiger partial charge in [-0.2, -0.15) is 0 Å². The van der Waals surface area contributed by atoms with Gasteiger partial charge in [-0.05, 0) is 37.8 Å². The minimum Gasteiger partial charge on any atom is -0.328 e. The molecule has 3 N–H and O–H groups in total. The number of halogens is 1. The second-order valence-corrected chi connectivity index (χ2v) is 5.10. The minimum atomic E-state index is 0.0284. The molecule has 1 saturated carbocycles. The third kappa shape index (κ3) is 2.79. The molecule has 1 aliphatic carbocycles. The van der Waals surface area contributed by atoms with E-state index in [1.54, 1.807) is 6.07 Å². The summed E-state index contributed by atoms with van der Waals surface area (Å²) in [6.45, 7) is 1.93. The molecule has 0 heterocycles. The molecule has 0 spiro atoms. The Kier molecular flexibility index (Phi) is 3.69. The lowest BCUT2D eigenvalue weighted by Crippen LogP contribution is -2.23. The van der Waals surface area contributed by atoms with Crippen LogP contribution in [0.15, 0.2) is 18.2 Å². The summed E-state index contributed by atoms with van der Waals surface area (Å²) in [5.41, 5.74) is 7.51. The Labute approximate surface area is 106 Å². The molecule has 92 valence electrons. The molecular formula is C13H17ClN2O. The number of anilines is 1. The molecule has 1 aromatic rings. The Morgan fingerprint density at radius 3 is 2.82 bits per heavy atom. The van der Waals surface area contributed by atoms with E-state index in [0.717, 1.165) is 30.5 Å². The third-order valence-corrected chi connectivity index (χ3v) is 3.63. The molecular weight excluding hydrogens is 236 g/mol. The first-order valence-corrected chi connectivity index (χ1v) is 6.27. The van der Waals surface area contributed by atoms with Gasteiger partial charge in [0.25, 0.3) is 0 Å². The Morgan fingerprint density at radius 1 is 1.47 bits per heavy atom. The number of carbonyl (C=O) groups is 1. The lowest BCUT2D eigenvalue weighted by Gasteiger charge is -2.13. The Bertz CT molecular complexity index is 413. The second-order valence-electron chi connectivity index (χ2n) is 4.69. The highest BCUT2D eigenvalue weighted by molar-refractivity contribution is 6.33. The highest BCUT2D eigenvalue weighted by atomic mass is 35.5. The van der Waals surface area contributed by atoms with Crippen molar-refractivity contribution in [1.82, 2.24) is 0 Å². The molecule has 1 aliphatic rings. The molecule has 0 aromatic heterocycles. The van der Waals surface area contributed by atoms with Crippen LogP contribution in [0.1, 0.15) is 24.8 Å². The number of benzene rings is 1. The van der Waals surface area contributed by atoms with Gasteiger partial charge in [-0.1, -0.05) is 23.7 Å². The molecule has 0 saturated heterocycles. The first kappa shape index (κ1) is 12.4. The molecule has 1 aromatic carbocycles. The molecule has 2 atom stereocenters. The van der Waals surface area contributed by atoms with Crippen molar-refractivity contribution in [3.05, 3.63) is 28.8 Å². The fourth-order valence-corrected chi connectivity index (χ4v) is 2.54. The maximum absolute atomic E-state index is 12.0. The summed E-state index contributed by atoms with van der Waals surface area (Å²) in [5.74, 6) is 0.0647. The number of nitrogens with one attached hydrogen (secondary N) is 1. The van der Waals surface area contributed by atoms with Crippen molar-refractivity contribution in [2.75, 3.05) is 5.32 Å². The minimum absolute atomic E-state index is 0.0284. The largest absolute Gasteiger partial charge is 0.328 e. The third-order valence-electron chi connectivity index (χ3n) is 3.31. The molecule has 2 unspecified atom stereocenters. The van der Waals surface area contributed by atoms with Crippen LogP contribution >= 0.6 is 11.6 Å². The Hall–Kier alpha value is -1.06. The van der Waals surface area contributed by atoms with Crippen LogP contribution in [0.2, 0.25) is 5.02 Å². The predicted molar refractivity (Wildman–Crippen MR) is 70.1 cm³/mol. The molecule has 0 radical (unpaired) electrons. The summed E-state index contributed by atoms with van der Waals surface area (Å²) in [6, 6.07) is 5.75. The van der Waals surface area contributed by atoms with Crippen LogP contribution in [0, 0.1) is 12.8 Å². The van der Waals surface area contributed by atoms with Crippen molar-refractivity contribution >= 4 is 23.2 Å². The normalized spacial score (nSPS) is 23.7. The summed E-state index contributed by atoms with van der Waals surface area (Å²) in [6.07, 6.45) is 2.57. The first-order valence-electron chi connectivity index (χ1n) is 5.89. The van der Waals surface area contributed by atoms with Gasteiger partial charge in [-0.15, -0.1) is 0 Å². The molecule has 1 amide bonds. The average Bonchev–Trinajstić information content (AvgIpc) is 2.70. The summed E-state index contributed by atoms with van der Waals surface area (Å²) >= 11 is 6.07. The average molecular weight is 253 g/mol. The topological polar surface area (TPSA) is 55.1 Å². The van der Waals surface area contributed by atoms with Gasteiger partial charge < -0.3 is 11.1 Å². The summed E-state index contributed by atoms with van der Waals surface area (Å²) in [5, 5.41) is 3.50. The zero-order valence-electron chi connectivity index (χ0n) is 9.87. The highest BCUT2D eigenvalue weighted by Crippen LogP contribution is 2.29. The van der Waals surface area contributed by atoms with Crippen LogP contribution in [0.3, 0.4) is 0 Å². The number of hydrogen-bond donors (Lipinski definition) is 2. The Morgan fingerprint density at radius 2 is 2.24 bits per heavy atom. The monoisotopic (exact) mass is 252 g/mol. The maximum Gasteiger partial charge on any atom is 0.227 e. The van der Waals surface area contributed by atoms with Gasteiger partial charge in [0.1, 0.15) is 0 Å². The van der Waals surface area contributed by atoms with Crippen molar-refractivity contribution in [1.29, 1.82) is 0 Å². The van der Waals surface area contributed by atoms with Crippen molar-refractivity contribution in [2.45, 2.75) is 32.2 Å². The lowest BCUT2D eigenvalue weighted by molar-refractivity contribution is -0.119. The van der Waals surface area contributed by atoms with Crippen molar-refractivity contribution in [3.63, 3.8) is 0 Å². The summed E-state index contributed by atoms with van der Waals surface area (Å²) in [4.78, 5) is 12.0. The number of amides is 1. The van der Waals surface area contributed by atoms with Crippen molar-refractivity contribution < 1.29 is 4.79 Å². The molecule has 4 heteroatoms. The number of rotatable bonds is 2. The maximum atomic E-state index is 12.0. The van der Waals surface area contributed by atoms with Gasteiger partial charge in [0.15, 0.2) is 0 Å². The van der Waals surface area contributed by atoms with Crippen LogP contribution in [-0.2, 0) is 4.79 Å².